The average molecular weight is 547 g/mol. The molecule has 194 valence electrons. The number of aliphatic hydroxyl groups excluding tert-OH is 1. The number of nitrogens with two attached hydrogens (primary N) is 1. The van der Waals surface area contributed by atoms with Crippen LogP contribution in [-0.2, 0) is 5.75 Å². The van der Waals surface area contributed by atoms with E-state index < -0.39 is 0 Å². The van der Waals surface area contributed by atoms with Crippen molar-refractivity contribution < 1.29 is 9.50 Å². The summed E-state index contributed by atoms with van der Waals surface area (Å²) in [5.74, 6) is 0.202. The minimum atomic E-state index is -0.328. The number of nitriles is 2. The third-order valence-electron chi connectivity index (χ3n) is 5.25. The van der Waals surface area contributed by atoms with Gasteiger partial charge in [-0.2, -0.15) is 10.5 Å². The Morgan fingerprint density at radius 3 is 2.45 bits per heavy atom. The van der Waals surface area contributed by atoms with Crippen molar-refractivity contribution in [1.82, 2.24) is 9.97 Å². The second kappa shape index (κ2) is 14.1. The molecular formula is C28H27FN6OS2. The molecule has 4 aromatic rings. The number of aliphatic hydroxyl groups is 1. The van der Waals surface area contributed by atoms with E-state index in [4.69, 9.17) is 10.8 Å². The van der Waals surface area contributed by atoms with Crippen molar-refractivity contribution in [3.05, 3.63) is 82.1 Å². The Morgan fingerprint density at radius 2 is 1.84 bits per heavy atom. The number of unbranched alkanes of at least 4 members (excludes halogenated alkanes) is 1. The highest BCUT2D eigenvalue weighted by atomic mass is 32.2. The highest BCUT2D eigenvalue weighted by Gasteiger charge is 2.20. The molecule has 0 saturated carbocycles. The van der Waals surface area contributed by atoms with Gasteiger partial charge in [0.05, 0.1) is 11.3 Å². The van der Waals surface area contributed by atoms with Gasteiger partial charge in [-0.3, -0.25) is 0 Å². The van der Waals surface area contributed by atoms with Crippen LogP contribution in [-0.4, -0.2) is 21.7 Å². The Balaban J connectivity index is 0.000000732. The van der Waals surface area contributed by atoms with Gasteiger partial charge < -0.3 is 16.2 Å². The summed E-state index contributed by atoms with van der Waals surface area (Å²) in [7, 11) is 0. The number of aryl methyl sites for hydroxylation is 1. The normalized spacial score (nSPS) is 10.2. The molecule has 0 aliphatic heterocycles. The topological polar surface area (TPSA) is 132 Å². The van der Waals surface area contributed by atoms with Crippen molar-refractivity contribution in [1.29, 1.82) is 10.5 Å². The van der Waals surface area contributed by atoms with E-state index in [-0.39, 0.29) is 17.2 Å². The quantitative estimate of drug-likeness (QED) is 0.206. The molecule has 38 heavy (non-hydrogen) atoms. The number of benzene rings is 2. The number of anilines is 3. The number of hydrogen-bond acceptors (Lipinski definition) is 9. The molecule has 0 aliphatic rings. The minimum Gasteiger partial charge on any atom is -0.396 e. The third kappa shape index (κ3) is 7.53. The fourth-order valence-corrected chi connectivity index (χ4v) is 5.06. The van der Waals surface area contributed by atoms with Crippen LogP contribution in [0.5, 0.6) is 0 Å². The van der Waals surface area contributed by atoms with E-state index in [2.05, 4.69) is 34.3 Å². The Labute approximate surface area is 229 Å². The summed E-state index contributed by atoms with van der Waals surface area (Å²) in [6.45, 7) is 4.36. The zero-order valence-electron chi connectivity index (χ0n) is 21.0. The van der Waals surface area contributed by atoms with Crippen LogP contribution in [0.3, 0.4) is 0 Å². The van der Waals surface area contributed by atoms with Gasteiger partial charge in [0.2, 0.25) is 0 Å². The van der Waals surface area contributed by atoms with Crippen LogP contribution in [0.15, 0.2) is 58.9 Å². The largest absolute Gasteiger partial charge is 0.396 e. The lowest BCUT2D eigenvalue weighted by molar-refractivity contribution is 0.287. The fourth-order valence-electron chi connectivity index (χ4n) is 3.33. The Morgan fingerprint density at radius 1 is 1.11 bits per heavy atom. The number of thioether (sulfide) groups is 1. The van der Waals surface area contributed by atoms with Crippen molar-refractivity contribution in [3.8, 4) is 23.3 Å². The molecule has 2 heterocycles. The minimum absolute atomic E-state index is 0.0845. The van der Waals surface area contributed by atoms with Gasteiger partial charge in [0, 0.05) is 29.0 Å². The van der Waals surface area contributed by atoms with Gasteiger partial charge in [-0.05, 0) is 37.1 Å². The molecule has 0 aliphatic carbocycles. The number of rotatable bonds is 8. The summed E-state index contributed by atoms with van der Waals surface area (Å²) in [5, 5.41) is 33.7. The maximum absolute atomic E-state index is 13.4. The van der Waals surface area contributed by atoms with Crippen LogP contribution in [0, 0.1) is 35.4 Å². The predicted octanol–water partition coefficient (Wildman–Crippen LogP) is 6.79. The molecule has 0 spiro atoms. The van der Waals surface area contributed by atoms with E-state index in [0.29, 0.717) is 39.3 Å². The van der Waals surface area contributed by atoms with Crippen molar-refractivity contribution in [2.24, 2.45) is 0 Å². The molecule has 0 radical (unpaired) electrons. The number of thiazole rings is 1. The average Bonchev–Trinajstić information content (AvgIpc) is 3.35. The first-order valence-electron chi connectivity index (χ1n) is 11.8. The van der Waals surface area contributed by atoms with E-state index >= 15 is 0 Å². The standard InChI is InChI=1S/C24H17FN6S2.C4H10O/c1-14-5-7-15(8-6-14)21-19(10-26)22(28)31-23(20(21)11-27)32-12-18-13-33-24(30-18)29-17-4-2-3-16(25)9-17;1-2-3-4-5/h2-9,13H,12H2,1H3,(H2,28,31)(H,29,30);5H,2-4H2,1H3. The molecule has 0 bridgehead atoms. The number of pyridine rings is 1. The number of halogens is 1. The lowest BCUT2D eigenvalue weighted by Crippen LogP contribution is -2.03. The number of nitrogen functional groups attached to an aromatic ring is 1. The lowest BCUT2D eigenvalue weighted by Gasteiger charge is -2.13. The van der Waals surface area contributed by atoms with Gasteiger partial charge in [-0.1, -0.05) is 61.0 Å². The van der Waals surface area contributed by atoms with E-state index in [1.165, 1.54) is 35.2 Å². The van der Waals surface area contributed by atoms with Gasteiger partial charge >= 0.3 is 0 Å². The third-order valence-corrected chi connectivity index (χ3v) is 7.07. The SMILES string of the molecule is CCCCO.Cc1ccc(-c2c(C#N)c(N)nc(SCc3csc(Nc4cccc(F)c4)n3)c2C#N)cc1. The van der Waals surface area contributed by atoms with Crippen LogP contribution in [0.2, 0.25) is 0 Å². The van der Waals surface area contributed by atoms with Crippen LogP contribution in [0.4, 0.5) is 21.0 Å². The summed E-state index contributed by atoms with van der Waals surface area (Å²) >= 11 is 2.72. The molecule has 10 heteroatoms. The van der Waals surface area contributed by atoms with Crippen molar-refractivity contribution in [3.63, 3.8) is 0 Å². The smallest absolute Gasteiger partial charge is 0.187 e. The number of nitrogens with zero attached hydrogens (tertiary/aromatic N) is 4. The summed E-state index contributed by atoms with van der Waals surface area (Å²) < 4.78 is 13.4. The molecule has 2 aromatic carbocycles. The van der Waals surface area contributed by atoms with Crippen molar-refractivity contribution >= 4 is 39.7 Å². The van der Waals surface area contributed by atoms with Gasteiger partial charge in [0.15, 0.2) is 5.13 Å². The zero-order chi connectivity index (χ0) is 27.5. The van der Waals surface area contributed by atoms with E-state index in [9.17, 15) is 14.9 Å². The van der Waals surface area contributed by atoms with E-state index in [1.54, 1.807) is 12.1 Å². The van der Waals surface area contributed by atoms with Crippen molar-refractivity contribution in [2.45, 2.75) is 37.5 Å². The molecule has 7 nitrogen and oxygen atoms in total. The first kappa shape index (κ1) is 28.6. The highest BCUT2D eigenvalue weighted by molar-refractivity contribution is 7.98. The lowest BCUT2D eigenvalue weighted by atomic mass is 9.96. The molecule has 0 amide bonds. The van der Waals surface area contributed by atoms with Crippen LogP contribution in [0.25, 0.3) is 11.1 Å². The molecule has 0 saturated heterocycles. The Kier molecular flexibility index (Phi) is 10.6. The van der Waals surface area contributed by atoms with Crippen molar-refractivity contribution in [2.75, 3.05) is 17.7 Å². The maximum atomic E-state index is 13.4. The second-order valence-corrected chi connectivity index (χ2v) is 9.98. The zero-order valence-corrected chi connectivity index (χ0v) is 22.7. The molecule has 4 N–H and O–H groups in total. The van der Waals surface area contributed by atoms with Gasteiger partial charge in [-0.25, -0.2) is 14.4 Å². The van der Waals surface area contributed by atoms with Gasteiger partial charge in [0.25, 0.3) is 0 Å². The predicted molar refractivity (Wildman–Crippen MR) is 152 cm³/mol. The fraction of sp³-hybridized carbons (Fsp3) is 0.214. The Hall–Kier alpha value is -3.96. The first-order chi connectivity index (χ1) is 18.4. The van der Waals surface area contributed by atoms with Crippen LogP contribution < -0.4 is 11.1 Å². The molecular weight excluding hydrogens is 519 g/mol. The highest BCUT2D eigenvalue weighted by Crippen LogP contribution is 2.37. The first-order valence-corrected chi connectivity index (χ1v) is 13.7. The number of aromatic nitrogens is 2. The number of nitrogens with one attached hydrogen (secondary N) is 1. The van der Waals surface area contributed by atoms with Crippen LogP contribution >= 0.6 is 23.1 Å². The molecule has 0 unspecified atom stereocenters. The summed E-state index contributed by atoms with van der Waals surface area (Å²) in [6.07, 6.45) is 2.04. The van der Waals surface area contributed by atoms with Gasteiger partial charge in [0.1, 0.15) is 34.4 Å². The van der Waals surface area contributed by atoms with E-state index in [1.807, 2.05) is 36.6 Å². The summed E-state index contributed by atoms with van der Waals surface area (Å²) in [5.41, 5.74) is 10.3. The maximum Gasteiger partial charge on any atom is 0.187 e. The van der Waals surface area contributed by atoms with Crippen LogP contribution in [0.1, 0.15) is 42.1 Å². The Bertz CT molecular complexity index is 1460. The monoisotopic (exact) mass is 546 g/mol. The molecule has 4 rings (SSSR count). The molecule has 0 atom stereocenters. The molecule has 0 fully saturated rings. The summed E-state index contributed by atoms with van der Waals surface area (Å²) in [4.78, 5) is 8.85. The van der Waals surface area contributed by atoms with Gasteiger partial charge in [-0.15, -0.1) is 11.3 Å². The molecule has 2 aromatic heterocycles. The van der Waals surface area contributed by atoms with E-state index in [0.717, 1.165) is 29.7 Å². The number of hydrogen-bond donors (Lipinski definition) is 3. The second-order valence-electron chi connectivity index (χ2n) is 8.16. The summed E-state index contributed by atoms with van der Waals surface area (Å²) in [6, 6.07) is 18.0.